The van der Waals surface area contributed by atoms with Gasteiger partial charge in [-0.15, -0.1) is 0 Å². The van der Waals surface area contributed by atoms with Gasteiger partial charge in [-0.3, -0.25) is 0 Å². The molecule has 1 aromatic rings. The third-order valence-electron chi connectivity index (χ3n) is 1.51. The van der Waals surface area contributed by atoms with Gasteiger partial charge >= 0.3 is 6.61 Å². The third kappa shape index (κ3) is 2.55. The summed E-state index contributed by atoms with van der Waals surface area (Å²) in [6, 6.07) is 3.00. The lowest BCUT2D eigenvalue weighted by atomic mass is 10.2. The second-order valence-electron chi connectivity index (χ2n) is 2.52. The molecule has 1 rings (SSSR count). The van der Waals surface area contributed by atoms with E-state index >= 15 is 0 Å². The molecule has 0 saturated carbocycles. The predicted molar refractivity (Wildman–Crippen MR) is 49.9 cm³/mol. The minimum absolute atomic E-state index is 0.00697. The number of aryl methyl sites for hydroxylation is 1. The lowest BCUT2D eigenvalue weighted by molar-refractivity contribution is -0.0493. The first-order chi connectivity index (χ1) is 6.00. The molecule has 5 heteroatoms. The van der Waals surface area contributed by atoms with Crippen LogP contribution in [0.5, 0.6) is 5.75 Å². The van der Waals surface area contributed by atoms with Gasteiger partial charge in [-0.05, 0) is 24.6 Å². The topological polar surface area (TPSA) is 35.2 Å². The maximum atomic E-state index is 11.8. The van der Waals surface area contributed by atoms with Crippen molar-refractivity contribution in [3.8, 4) is 5.75 Å². The van der Waals surface area contributed by atoms with Crippen molar-refractivity contribution >= 4 is 21.6 Å². The third-order valence-corrected chi connectivity index (χ3v) is 2.36. The zero-order chi connectivity index (χ0) is 10.0. The van der Waals surface area contributed by atoms with Crippen molar-refractivity contribution in [1.82, 2.24) is 0 Å². The van der Waals surface area contributed by atoms with Gasteiger partial charge in [-0.25, -0.2) is 0 Å². The molecular weight excluding hydrogens is 244 g/mol. The van der Waals surface area contributed by atoms with Gasteiger partial charge in [0, 0.05) is 4.47 Å². The van der Waals surface area contributed by atoms with E-state index in [9.17, 15) is 8.78 Å². The zero-order valence-corrected chi connectivity index (χ0v) is 8.44. The van der Waals surface area contributed by atoms with Gasteiger partial charge in [0.05, 0.1) is 5.69 Å². The standard InChI is InChI=1S/C8H8BrF2NO/c1-4-2-6(12)7(3-5(4)9)13-8(10)11/h2-3,8H,12H2,1H3. The summed E-state index contributed by atoms with van der Waals surface area (Å²) in [4.78, 5) is 0. The molecule has 0 heterocycles. The van der Waals surface area contributed by atoms with Gasteiger partial charge in [0.25, 0.3) is 0 Å². The highest BCUT2D eigenvalue weighted by atomic mass is 79.9. The van der Waals surface area contributed by atoms with E-state index in [2.05, 4.69) is 20.7 Å². The monoisotopic (exact) mass is 251 g/mol. The summed E-state index contributed by atoms with van der Waals surface area (Å²) in [6.07, 6.45) is 0. The summed E-state index contributed by atoms with van der Waals surface area (Å²) in [5.74, 6) is -0.00697. The first-order valence-corrected chi connectivity index (χ1v) is 4.30. The van der Waals surface area contributed by atoms with E-state index in [1.807, 2.05) is 6.92 Å². The molecule has 1 aromatic carbocycles. The van der Waals surface area contributed by atoms with E-state index in [1.54, 1.807) is 6.07 Å². The van der Waals surface area contributed by atoms with Crippen LogP contribution in [0.4, 0.5) is 14.5 Å². The van der Waals surface area contributed by atoms with Crippen LogP contribution in [0.2, 0.25) is 0 Å². The van der Waals surface area contributed by atoms with Crippen molar-refractivity contribution in [2.75, 3.05) is 5.73 Å². The maximum absolute atomic E-state index is 11.8. The predicted octanol–water partition coefficient (Wildman–Crippen LogP) is 2.94. The Kier molecular flexibility index (Phi) is 3.08. The molecule has 2 nitrogen and oxygen atoms in total. The molecule has 2 N–H and O–H groups in total. The Morgan fingerprint density at radius 1 is 1.46 bits per heavy atom. The Morgan fingerprint density at radius 3 is 2.62 bits per heavy atom. The highest BCUT2D eigenvalue weighted by molar-refractivity contribution is 9.10. The molecule has 72 valence electrons. The van der Waals surface area contributed by atoms with Crippen molar-refractivity contribution in [3.63, 3.8) is 0 Å². The van der Waals surface area contributed by atoms with Crippen molar-refractivity contribution < 1.29 is 13.5 Å². The van der Waals surface area contributed by atoms with Crippen LogP contribution in [0.1, 0.15) is 5.56 Å². The molecule has 13 heavy (non-hydrogen) atoms. The van der Waals surface area contributed by atoms with Crippen molar-refractivity contribution in [1.29, 1.82) is 0 Å². The Bertz CT molecular complexity index is 317. The number of anilines is 1. The summed E-state index contributed by atoms with van der Waals surface area (Å²) < 4.78 is 28.6. The molecule has 0 aliphatic rings. The van der Waals surface area contributed by atoms with E-state index < -0.39 is 6.61 Å². The fourth-order valence-corrected chi connectivity index (χ4v) is 1.21. The van der Waals surface area contributed by atoms with Gasteiger partial charge in [-0.1, -0.05) is 15.9 Å². The molecule has 0 unspecified atom stereocenters. The molecule has 0 atom stereocenters. The minimum Gasteiger partial charge on any atom is -0.433 e. The number of benzene rings is 1. The fraction of sp³-hybridized carbons (Fsp3) is 0.250. The first kappa shape index (κ1) is 10.2. The number of halogens is 3. The molecule has 0 saturated heterocycles. The van der Waals surface area contributed by atoms with Crippen LogP contribution < -0.4 is 10.5 Å². The zero-order valence-electron chi connectivity index (χ0n) is 6.85. The van der Waals surface area contributed by atoms with Gasteiger partial charge < -0.3 is 10.5 Å². The van der Waals surface area contributed by atoms with Gasteiger partial charge in [0.1, 0.15) is 5.75 Å². The minimum atomic E-state index is -2.85. The number of rotatable bonds is 2. The van der Waals surface area contributed by atoms with Crippen molar-refractivity contribution in [3.05, 3.63) is 22.2 Å². The summed E-state index contributed by atoms with van der Waals surface area (Å²) in [5, 5.41) is 0. The molecule has 0 aliphatic heterocycles. The summed E-state index contributed by atoms with van der Waals surface area (Å²) in [6.45, 7) is -1.04. The van der Waals surface area contributed by atoms with E-state index in [-0.39, 0.29) is 11.4 Å². The average molecular weight is 252 g/mol. The van der Waals surface area contributed by atoms with Crippen LogP contribution >= 0.6 is 15.9 Å². The van der Waals surface area contributed by atoms with Gasteiger partial charge in [0.2, 0.25) is 0 Å². The first-order valence-electron chi connectivity index (χ1n) is 3.51. The summed E-state index contributed by atoms with van der Waals surface area (Å²) in [7, 11) is 0. The molecular formula is C8H8BrF2NO. The lowest BCUT2D eigenvalue weighted by Gasteiger charge is -2.09. The smallest absolute Gasteiger partial charge is 0.387 e. The van der Waals surface area contributed by atoms with Gasteiger partial charge in [0.15, 0.2) is 0 Å². The molecule has 0 radical (unpaired) electrons. The Hall–Kier alpha value is -0.840. The van der Waals surface area contributed by atoms with Crippen molar-refractivity contribution in [2.45, 2.75) is 13.5 Å². The second-order valence-corrected chi connectivity index (χ2v) is 3.37. The normalized spacial score (nSPS) is 10.5. The molecule has 0 aromatic heterocycles. The number of ether oxygens (including phenoxy) is 1. The van der Waals surface area contributed by atoms with E-state index in [1.165, 1.54) is 6.07 Å². The van der Waals surface area contributed by atoms with Crippen LogP contribution in [0.25, 0.3) is 0 Å². The van der Waals surface area contributed by atoms with E-state index in [0.29, 0.717) is 4.47 Å². The van der Waals surface area contributed by atoms with E-state index in [0.717, 1.165) is 5.56 Å². The van der Waals surface area contributed by atoms with E-state index in [4.69, 9.17) is 5.73 Å². The number of nitrogen functional groups attached to an aromatic ring is 1. The van der Waals surface area contributed by atoms with Crippen LogP contribution in [-0.2, 0) is 0 Å². The molecule has 0 spiro atoms. The molecule has 0 fully saturated rings. The summed E-state index contributed by atoms with van der Waals surface area (Å²) in [5.41, 5.74) is 6.54. The summed E-state index contributed by atoms with van der Waals surface area (Å²) >= 11 is 3.19. The largest absolute Gasteiger partial charge is 0.433 e. The molecule has 0 amide bonds. The van der Waals surface area contributed by atoms with Crippen molar-refractivity contribution in [2.24, 2.45) is 0 Å². The lowest BCUT2D eigenvalue weighted by Crippen LogP contribution is -2.04. The van der Waals surface area contributed by atoms with Crippen LogP contribution in [0, 0.1) is 6.92 Å². The molecule has 0 bridgehead atoms. The SMILES string of the molecule is Cc1cc(N)c(OC(F)F)cc1Br. The maximum Gasteiger partial charge on any atom is 0.387 e. The quantitative estimate of drug-likeness (QED) is 0.821. The highest BCUT2D eigenvalue weighted by Gasteiger charge is 2.09. The second kappa shape index (κ2) is 3.91. The van der Waals surface area contributed by atoms with Crippen LogP contribution in [0.15, 0.2) is 16.6 Å². The number of nitrogens with two attached hydrogens (primary N) is 1. The number of hydrogen-bond donors (Lipinski definition) is 1. The number of alkyl halides is 2. The number of hydrogen-bond acceptors (Lipinski definition) is 2. The Morgan fingerprint density at radius 2 is 2.08 bits per heavy atom. The Labute approximate surface area is 82.8 Å². The average Bonchev–Trinajstić information content (AvgIpc) is 1.99. The van der Waals surface area contributed by atoms with Crippen LogP contribution in [0.3, 0.4) is 0 Å². The molecule has 0 aliphatic carbocycles. The van der Waals surface area contributed by atoms with Crippen LogP contribution in [-0.4, -0.2) is 6.61 Å². The highest BCUT2D eigenvalue weighted by Crippen LogP contribution is 2.29. The van der Waals surface area contributed by atoms with Gasteiger partial charge in [-0.2, -0.15) is 8.78 Å². The Balaban J connectivity index is 3.01. The fourth-order valence-electron chi connectivity index (χ4n) is 0.884.